The molecule has 0 spiro atoms. The van der Waals surface area contributed by atoms with Gasteiger partial charge in [-0.15, -0.1) is 0 Å². The Kier molecular flexibility index (Phi) is 9.79. The van der Waals surface area contributed by atoms with Crippen LogP contribution in [0.1, 0.15) is 52.9 Å². The number of rotatable bonds is 11. The van der Waals surface area contributed by atoms with Gasteiger partial charge in [-0.2, -0.15) is 0 Å². The van der Waals surface area contributed by atoms with E-state index in [2.05, 4.69) is 38.0 Å². The number of unbranched alkanes of at least 4 members (excludes halogenated alkanes) is 1. The summed E-state index contributed by atoms with van der Waals surface area (Å²) in [5.41, 5.74) is -0.0552. The molecule has 0 saturated heterocycles. The Labute approximate surface area is 108 Å². The number of aliphatic hydroxyl groups excluding tert-OH is 1. The van der Waals surface area contributed by atoms with Crippen molar-refractivity contribution in [2.24, 2.45) is 0 Å². The first-order valence-electron chi connectivity index (χ1n) is 7.18. The zero-order valence-corrected chi connectivity index (χ0v) is 12.3. The highest BCUT2D eigenvalue weighted by Crippen LogP contribution is 2.17. The van der Waals surface area contributed by atoms with E-state index in [0.29, 0.717) is 0 Å². The lowest BCUT2D eigenvalue weighted by atomic mass is 9.91. The second-order valence-electron chi connectivity index (χ2n) is 5.08. The Bertz CT molecular complexity index is 170. The fourth-order valence-electron chi connectivity index (χ4n) is 2.24. The molecule has 3 nitrogen and oxygen atoms in total. The lowest BCUT2D eigenvalue weighted by Crippen LogP contribution is -2.48. The Balaban J connectivity index is 3.88. The van der Waals surface area contributed by atoms with Gasteiger partial charge >= 0.3 is 0 Å². The van der Waals surface area contributed by atoms with Crippen LogP contribution in [-0.4, -0.2) is 48.8 Å². The summed E-state index contributed by atoms with van der Waals surface area (Å²) < 4.78 is 0. The van der Waals surface area contributed by atoms with Crippen LogP contribution in [0.2, 0.25) is 0 Å². The van der Waals surface area contributed by atoms with Gasteiger partial charge in [0.25, 0.3) is 0 Å². The summed E-state index contributed by atoms with van der Waals surface area (Å²) in [4.78, 5) is 2.40. The van der Waals surface area contributed by atoms with Crippen molar-refractivity contribution in [1.29, 1.82) is 0 Å². The van der Waals surface area contributed by atoms with Crippen LogP contribution in [0.5, 0.6) is 0 Å². The maximum Gasteiger partial charge on any atom is 0.0613 e. The number of hydrogen-bond acceptors (Lipinski definition) is 3. The standard InChI is InChI=1S/C14H32N2O/c1-5-8-11-16(4)12-9-10-14(6-2,13-17)15-7-3/h15,17H,5-13H2,1-4H3. The SMILES string of the molecule is CCCCN(C)CCCC(CC)(CO)NCC. The van der Waals surface area contributed by atoms with Crippen LogP contribution in [0.4, 0.5) is 0 Å². The molecular weight excluding hydrogens is 212 g/mol. The molecular formula is C14H32N2O. The monoisotopic (exact) mass is 244 g/mol. The normalized spacial score (nSPS) is 15.2. The molecule has 0 fully saturated rings. The number of nitrogens with one attached hydrogen (secondary N) is 1. The lowest BCUT2D eigenvalue weighted by Gasteiger charge is -2.32. The van der Waals surface area contributed by atoms with E-state index in [9.17, 15) is 5.11 Å². The summed E-state index contributed by atoms with van der Waals surface area (Å²) in [5, 5.41) is 13.0. The maximum absolute atomic E-state index is 9.54. The summed E-state index contributed by atoms with van der Waals surface area (Å²) in [6.07, 6.45) is 5.75. The predicted octanol–water partition coefficient (Wildman–Crippen LogP) is 2.25. The lowest BCUT2D eigenvalue weighted by molar-refractivity contribution is 0.142. The summed E-state index contributed by atoms with van der Waals surface area (Å²) in [6.45, 7) is 9.99. The fraction of sp³-hybridized carbons (Fsp3) is 1.00. The molecule has 0 aliphatic rings. The van der Waals surface area contributed by atoms with Crippen molar-refractivity contribution in [3.05, 3.63) is 0 Å². The molecule has 0 aromatic heterocycles. The first kappa shape index (κ1) is 16.9. The smallest absolute Gasteiger partial charge is 0.0613 e. The third-order valence-corrected chi connectivity index (χ3v) is 3.62. The van der Waals surface area contributed by atoms with Crippen molar-refractivity contribution >= 4 is 0 Å². The van der Waals surface area contributed by atoms with Crippen molar-refractivity contribution in [2.45, 2.75) is 58.4 Å². The minimum absolute atomic E-state index is 0.0552. The highest BCUT2D eigenvalue weighted by atomic mass is 16.3. The van der Waals surface area contributed by atoms with Gasteiger partial charge < -0.3 is 15.3 Å². The van der Waals surface area contributed by atoms with E-state index >= 15 is 0 Å². The van der Waals surface area contributed by atoms with Gasteiger partial charge in [0.1, 0.15) is 0 Å². The van der Waals surface area contributed by atoms with Crippen LogP contribution in [0.15, 0.2) is 0 Å². The molecule has 0 saturated carbocycles. The van der Waals surface area contributed by atoms with Crippen LogP contribution < -0.4 is 5.32 Å². The predicted molar refractivity (Wildman–Crippen MR) is 75.4 cm³/mol. The molecule has 104 valence electrons. The molecule has 0 amide bonds. The molecule has 0 aliphatic carbocycles. The van der Waals surface area contributed by atoms with Gasteiger partial charge in [0.05, 0.1) is 6.61 Å². The van der Waals surface area contributed by atoms with Crippen LogP contribution >= 0.6 is 0 Å². The van der Waals surface area contributed by atoms with Gasteiger partial charge in [-0.05, 0) is 52.4 Å². The molecule has 1 unspecified atom stereocenters. The zero-order valence-electron chi connectivity index (χ0n) is 12.3. The summed E-state index contributed by atoms with van der Waals surface area (Å²) in [5.74, 6) is 0. The van der Waals surface area contributed by atoms with Crippen molar-refractivity contribution in [3.63, 3.8) is 0 Å². The van der Waals surface area contributed by atoms with E-state index in [1.165, 1.54) is 19.4 Å². The van der Waals surface area contributed by atoms with Crippen LogP contribution in [0.25, 0.3) is 0 Å². The van der Waals surface area contributed by atoms with Crippen LogP contribution in [0.3, 0.4) is 0 Å². The molecule has 3 heteroatoms. The number of aliphatic hydroxyl groups is 1. The van der Waals surface area contributed by atoms with Crippen molar-refractivity contribution in [3.8, 4) is 0 Å². The van der Waals surface area contributed by atoms with Crippen molar-refractivity contribution in [1.82, 2.24) is 10.2 Å². The van der Waals surface area contributed by atoms with E-state index in [1.54, 1.807) is 0 Å². The average Bonchev–Trinajstić information content (AvgIpc) is 2.35. The molecule has 0 aromatic carbocycles. The van der Waals surface area contributed by atoms with Gasteiger partial charge in [0.15, 0.2) is 0 Å². The van der Waals surface area contributed by atoms with Crippen LogP contribution in [-0.2, 0) is 0 Å². The molecule has 0 heterocycles. The number of likely N-dealkylation sites (N-methyl/N-ethyl adjacent to an activating group) is 1. The highest BCUT2D eigenvalue weighted by molar-refractivity contribution is 4.85. The minimum Gasteiger partial charge on any atom is -0.394 e. The summed E-state index contributed by atoms with van der Waals surface area (Å²) in [7, 11) is 2.19. The number of hydrogen-bond donors (Lipinski definition) is 2. The van der Waals surface area contributed by atoms with E-state index in [-0.39, 0.29) is 12.1 Å². The second kappa shape index (κ2) is 9.86. The Morgan fingerprint density at radius 2 is 1.76 bits per heavy atom. The third-order valence-electron chi connectivity index (χ3n) is 3.62. The fourth-order valence-corrected chi connectivity index (χ4v) is 2.24. The molecule has 0 aliphatic heterocycles. The molecule has 1 atom stereocenters. The Morgan fingerprint density at radius 1 is 1.12 bits per heavy atom. The van der Waals surface area contributed by atoms with Crippen molar-refractivity contribution in [2.75, 3.05) is 33.3 Å². The van der Waals surface area contributed by atoms with Gasteiger partial charge in [-0.25, -0.2) is 0 Å². The van der Waals surface area contributed by atoms with Crippen LogP contribution in [0, 0.1) is 0 Å². The maximum atomic E-state index is 9.54. The molecule has 0 aromatic rings. The zero-order chi connectivity index (χ0) is 13.1. The molecule has 0 rings (SSSR count). The number of nitrogens with zero attached hydrogens (tertiary/aromatic N) is 1. The Hall–Kier alpha value is -0.120. The first-order chi connectivity index (χ1) is 8.14. The van der Waals surface area contributed by atoms with Gasteiger partial charge in [0.2, 0.25) is 0 Å². The molecule has 2 N–H and O–H groups in total. The quantitative estimate of drug-likeness (QED) is 0.585. The summed E-state index contributed by atoms with van der Waals surface area (Å²) in [6, 6.07) is 0. The van der Waals surface area contributed by atoms with E-state index in [4.69, 9.17) is 0 Å². The summed E-state index contributed by atoms with van der Waals surface area (Å²) >= 11 is 0. The highest BCUT2D eigenvalue weighted by Gasteiger charge is 2.25. The van der Waals surface area contributed by atoms with Crippen molar-refractivity contribution < 1.29 is 5.11 Å². The third kappa shape index (κ3) is 7.02. The van der Waals surface area contributed by atoms with Gasteiger partial charge in [0, 0.05) is 5.54 Å². The van der Waals surface area contributed by atoms with Gasteiger partial charge in [-0.1, -0.05) is 27.2 Å². The largest absolute Gasteiger partial charge is 0.394 e. The minimum atomic E-state index is -0.0552. The molecule has 0 radical (unpaired) electrons. The first-order valence-corrected chi connectivity index (χ1v) is 7.18. The molecule has 17 heavy (non-hydrogen) atoms. The Morgan fingerprint density at radius 3 is 2.24 bits per heavy atom. The second-order valence-corrected chi connectivity index (χ2v) is 5.08. The van der Waals surface area contributed by atoms with E-state index < -0.39 is 0 Å². The van der Waals surface area contributed by atoms with E-state index in [0.717, 1.165) is 32.4 Å². The van der Waals surface area contributed by atoms with E-state index in [1.807, 2.05) is 0 Å². The van der Waals surface area contributed by atoms with Gasteiger partial charge in [-0.3, -0.25) is 0 Å². The molecule has 0 bridgehead atoms. The average molecular weight is 244 g/mol. The topological polar surface area (TPSA) is 35.5 Å².